The van der Waals surface area contributed by atoms with Crippen LogP contribution in [0.4, 0.5) is 0 Å². The third-order valence-corrected chi connectivity index (χ3v) is 2.64. The van der Waals surface area contributed by atoms with Gasteiger partial charge in [-0.25, -0.2) is 0 Å². The lowest BCUT2D eigenvalue weighted by Gasteiger charge is -2.03. The Morgan fingerprint density at radius 3 is 2.59 bits per heavy atom. The Morgan fingerprint density at radius 1 is 1.18 bits per heavy atom. The predicted molar refractivity (Wildman–Crippen MR) is 67.5 cm³/mol. The quantitative estimate of drug-likeness (QED) is 0.866. The molecule has 0 saturated carbocycles. The molecule has 1 aromatic heterocycles. The van der Waals surface area contributed by atoms with Crippen LogP contribution in [0.15, 0.2) is 42.7 Å². The van der Waals surface area contributed by atoms with Gasteiger partial charge in [0.1, 0.15) is 0 Å². The molecule has 0 saturated heterocycles. The van der Waals surface area contributed by atoms with Crippen molar-refractivity contribution >= 4 is 0 Å². The van der Waals surface area contributed by atoms with Gasteiger partial charge in [-0.15, -0.1) is 0 Å². The Morgan fingerprint density at radius 2 is 1.94 bits per heavy atom. The number of benzene rings is 1. The fourth-order valence-corrected chi connectivity index (χ4v) is 1.79. The fourth-order valence-electron chi connectivity index (χ4n) is 1.79. The second kappa shape index (κ2) is 5.33. The van der Waals surface area contributed by atoms with E-state index in [4.69, 9.17) is 5.26 Å². The summed E-state index contributed by atoms with van der Waals surface area (Å²) in [5.74, 6) is 0. The zero-order chi connectivity index (χ0) is 12.1. The minimum absolute atomic E-state index is 0.706. The van der Waals surface area contributed by atoms with Crippen molar-refractivity contribution < 1.29 is 0 Å². The van der Waals surface area contributed by atoms with E-state index in [1.165, 1.54) is 11.1 Å². The van der Waals surface area contributed by atoms with Gasteiger partial charge in [-0.1, -0.05) is 12.1 Å². The van der Waals surface area contributed by atoms with Crippen LogP contribution in [-0.4, -0.2) is 11.6 Å². The van der Waals surface area contributed by atoms with Crippen LogP contribution in [-0.2, 0) is 13.1 Å². The summed E-state index contributed by atoms with van der Waals surface area (Å²) >= 11 is 0. The number of nitriles is 1. The largest absolute Gasteiger partial charge is 0.350 e. The van der Waals surface area contributed by atoms with E-state index >= 15 is 0 Å². The maximum Gasteiger partial charge on any atom is 0.0991 e. The molecule has 17 heavy (non-hydrogen) atoms. The Balaban J connectivity index is 2.06. The van der Waals surface area contributed by atoms with Crippen molar-refractivity contribution in [2.75, 3.05) is 7.05 Å². The molecule has 1 heterocycles. The zero-order valence-electron chi connectivity index (χ0n) is 9.85. The highest BCUT2D eigenvalue weighted by Crippen LogP contribution is 2.08. The second-order valence-corrected chi connectivity index (χ2v) is 4.03. The van der Waals surface area contributed by atoms with Crippen molar-refractivity contribution in [2.24, 2.45) is 0 Å². The Hall–Kier alpha value is -2.05. The number of aromatic nitrogens is 1. The summed E-state index contributed by atoms with van der Waals surface area (Å²) in [7, 11) is 1.94. The number of nitrogens with zero attached hydrogens (tertiary/aromatic N) is 2. The summed E-state index contributed by atoms with van der Waals surface area (Å²) < 4.78 is 2.15. The van der Waals surface area contributed by atoms with Gasteiger partial charge in [0.15, 0.2) is 0 Å². The van der Waals surface area contributed by atoms with Crippen molar-refractivity contribution in [1.82, 2.24) is 9.88 Å². The monoisotopic (exact) mass is 225 g/mol. The van der Waals surface area contributed by atoms with E-state index in [1.807, 2.05) is 31.3 Å². The summed E-state index contributed by atoms with van der Waals surface area (Å²) in [5.41, 5.74) is 3.19. The SMILES string of the molecule is CNCc1ccn(Cc2ccc(C#N)cc2)c1. The highest BCUT2D eigenvalue weighted by atomic mass is 14.9. The molecule has 0 atom stereocenters. The first-order valence-electron chi connectivity index (χ1n) is 5.60. The molecule has 0 fully saturated rings. The topological polar surface area (TPSA) is 40.8 Å². The van der Waals surface area contributed by atoms with Crippen LogP contribution < -0.4 is 5.32 Å². The molecule has 0 aliphatic heterocycles. The summed E-state index contributed by atoms with van der Waals surface area (Å²) in [6.07, 6.45) is 4.21. The van der Waals surface area contributed by atoms with Crippen molar-refractivity contribution in [3.8, 4) is 6.07 Å². The van der Waals surface area contributed by atoms with Crippen molar-refractivity contribution in [3.63, 3.8) is 0 Å². The number of rotatable bonds is 4. The van der Waals surface area contributed by atoms with Gasteiger partial charge in [-0.3, -0.25) is 0 Å². The van der Waals surface area contributed by atoms with Crippen LogP contribution in [0.3, 0.4) is 0 Å². The molecule has 0 aliphatic rings. The van der Waals surface area contributed by atoms with Gasteiger partial charge in [0, 0.05) is 25.5 Å². The lowest BCUT2D eigenvalue weighted by Crippen LogP contribution is -2.04. The Kier molecular flexibility index (Phi) is 3.59. The molecule has 1 aromatic carbocycles. The first-order chi connectivity index (χ1) is 8.31. The maximum absolute atomic E-state index is 8.72. The lowest BCUT2D eigenvalue weighted by atomic mass is 10.1. The summed E-state index contributed by atoms with van der Waals surface area (Å²) in [6, 6.07) is 11.9. The third kappa shape index (κ3) is 2.96. The van der Waals surface area contributed by atoms with Crippen LogP contribution in [0.5, 0.6) is 0 Å². The highest BCUT2D eigenvalue weighted by Gasteiger charge is 1.98. The van der Waals surface area contributed by atoms with Crippen molar-refractivity contribution in [2.45, 2.75) is 13.1 Å². The average molecular weight is 225 g/mol. The van der Waals surface area contributed by atoms with E-state index in [0.29, 0.717) is 5.56 Å². The maximum atomic E-state index is 8.72. The van der Waals surface area contributed by atoms with E-state index < -0.39 is 0 Å². The second-order valence-electron chi connectivity index (χ2n) is 4.03. The molecule has 2 rings (SSSR count). The van der Waals surface area contributed by atoms with E-state index in [9.17, 15) is 0 Å². The summed E-state index contributed by atoms with van der Waals surface area (Å²) in [5, 5.41) is 11.8. The van der Waals surface area contributed by atoms with Gasteiger partial charge in [-0.05, 0) is 36.4 Å². The molecule has 86 valence electrons. The standard InChI is InChI=1S/C14H15N3/c1-16-9-14-6-7-17(11-14)10-13-4-2-12(8-15)3-5-13/h2-7,11,16H,9-10H2,1H3. The number of hydrogen-bond acceptors (Lipinski definition) is 2. The Labute approximate surface area is 101 Å². The van der Waals surface area contributed by atoms with Crippen LogP contribution in [0.25, 0.3) is 0 Å². The molecule has 0 radical (unpaired) electrons. The Bertz CT molecular complexity index is 517. The molecular formula is C14H15N3. The normalized spacial score (nSPS) is 10.1. The van der Waals surface area contributed by atoms with Crippen molar-refractivity contribution in [1.29, 1.82) is 5.26 Å². The molecule has 0 unspecified atom stereocenters. The van der Waals surface area contributed by atoms with Gasteiger partial charge in [0.2, 0.25) is 0 Å². The first-order valence-corrected chi connectivity index (χ1v) is 5.60. The summed E-state index contributed by atoms with van der Waals surface area (Å²) in [6.45, 7) is 1.73. The van der Waals surface area contributed by atoms with Gasteiger partial charge < -0.3 is 9.88 Å². The van der Waals surface area contributed by atoms with Crippen LogP contribution >= 0.6 is 0 Å². The lowest BCUT2D eigenvalue weighted by molar-refractivity contribution is 0.782. The fraction of sp³-hybridized carbons (Fsp3) is 0.214. The van der Waals surface area contributed by atoms with Crippen LogP contribution in [0.2, 0.25) is 0 Å². The molecule has 0 spiro atoms. The minimum Gasteiger partial charge on any atom is -0.350 e. The molecule has 3 heteroatoms. The average Bonchev–Trinajstić information content (AvgIpc) is 2.78. The molecule has 0 bridgehead atoms. The molecule has 2 aromatic rings. The highest BCUT2D eigenvalue weighted by molar-refractivity contribution is 5.31. The van der Waals surface area contributed by atoms with E-state index in [2.05, 4.69) is 34.4 Å². The van der Waals surface area contributed by atoms with E-state index in [1.54, 1.807) is 0 Å². The van der Waals surface area contributed by atoms with Crippen LogP contribution in [0, 0.1) is 11.3 Å². The third-order valence-electron chi connectivity index (χ3n) is 2.64. The number of hydrogen-bond donors (Lipinski definition) is 1. The van der Waals surface area contributed by atoms with Gasteiger partial charge in [0.25, 0.3) is 0 Å². The molecule has 0 aliphatic carbocycles. The zero-order valence-corrected chi connectivity index (χ0v) is 9.85. The minimum atomic E-state index is 0.706. The van der Waals surface area contributed by atoms with Gasteiger partial charge in [-0.2, -0.15) is 5.26 Å². The first kappa shape index (κ1) is 11.4. The van der Waals surface area contributed by atoms with E-state index in [-0.39, 0.29) is 0 Å². The van der Waals surface area contributed by atoms with Gasteiger partial charge in [0.05, 0.1) is 11.6 Å². The molecular weight excluding hydrogens is 210 g/mol. The predicted octanol–water partition coefficient (Wildman–Crippen LogP) is 2.13. The summed E-state index contributed by atoms with van der Waals surface area (Å²) in [4.78, 5) is 0. The van der Waals surface area contributed by atoms with E-state index in [0.717, 1.165) is 13.1 Å². The van der Waals surface area contributed by atoms with Crippen LogP contribution in [0.1, 0.15) is 16.7 Å². The molecule has 3 nitrogen and oxygen atoms in total. The molecule has 0 amide bonds. The number of nitrogens with one attached hydrogen (secondary N) is 1. The molecule has 1 N–H and O–H groups in total. The smallest absolute Gasteiger partial charge is 0.0991 e. The van der Waals surface area contributed by atoms with Gasteiger partial charge >= 0.3 is 0 Å². The van der Waals surface area contributed by atoms with Crippen molar-refractivity contribution in [3.05, 3.63) is 59.4 Å².